The molecule has 1 aliphatic carbocycles. The first-order valence-corrected chi connectivity index (χ1v) is 12.5. The molecule has 0 radical (unpaired) electrons. The summed E-state index contributed by atoms with van der Waals surface area (Å²) in [6.07, 6.45) is -2.56. The molecular formula is C22H24BrF3N2O5S. The highest BCUT2D eigenvalue weighted by Gasteiger charge is 2.51. The van der Waals surface area contributed by atoms with Crippen molar-refractivity contribution in [3.05, 3.63) is 58.6 Å². The molecule has 1 fully saturated rings. The van der Waals surface area contributed by atoms with Crippen molar-refractivity contribution in [1.82, 2.24) is 5.32 Å². The van der Waals surface area contributed by atoms with Gasteiger partial charge in [-0.1, -0.05) is 35.0 Å². The highest BCUT2D eigenvalue weighted by atomic mass is 79.9. The lowest BCUT2D eigenvalue weighted by atomic mass is 9.94. The lowest BCUT2D eigenvalue weighted by Crippen LogP contribution is -2.39. The number of halogens is 4. The molecule has 1 atom stereocenters. The lowest BCUT2D eigenvalue weighted by Gasteiger charge is -2.19. The normalized spacial score (nSPS) is 15.4. The molecule has 12 heteroatoms. The van der Waals surface area contributed by atoms with Crippen LogP contribution in [0.15, 0.2) is 57.9 Å². The predicted molar refractivity (Wildman–Crippen MR) is 124 cm³/mol. The van der Waals surface area contributed by atoms with Gasteiger partial charge in [0.25, 0.3) is 10.0 Å². The Morgan fingerprint density at radius 1 is 1.09 bits per heavy atom. The van der Waals surface area contributed by atoms with Gasteiger partial charge >= 0.3 is 12.1 Å². The molecule has 186 valence electrons. The Hall–Kier alpha value is -2.60. The van der Waals surface area contributed by atoms with Gasteiger partial charge in [-0.15, -0.1) is 0 Å². The van der Waals surface area contributed by atoms with Gasteiger partial charge in [0.05, 0.1) is 10.3 Å². The fourth-order valence-electron chi connectivity index (χ4n) is 2.92. The number of carbonyl (C=O) groups excluding carboxylic acids is 1. The van der Waals surface area contributed by atoms with Crippen molar-refractivity contribution in [2.45, 2.75) is 55.6 Å². The third-order valence-electron chi connectivity index (χ3n) is 5.23. The summed E-state index contributed by atoms with van der Waals surface area (Å²) in [7, 11) is -3.65. The second-order valence-electron chi connectivity index (χ2n) is 7.80. The number of benzene rings is 2. The van der Waals surface area contributed by atoms with E-state index in [0.717, 1.165) is 29.3 Å². The molecule has 0 heterocycles. The monoisotopic (exact) mass is 564 g/mol. The van der Waals surface area contributed by atoms with E-state index in [1.807, 2.05) is 26.0 Å². The molecule has 1 aliphatic rings. The lowest BCUT2D eigenvalue weighted by molar-refractivity contribution is -0.192. The smallest absolute Gasteiger partial charge is 0.475 e. The quantitative estimate of drug-likeness (QED) is 0.446. The van der Waals surface area contributed by atoms with Crippen LogP contribution in [0.3, 0.4) is 0 Å². The van der Waals surface area contributed by atoms with E-state index in [0.29, 0.717) is 5.69 Å². The summed E-state index contributed by atoms with van der Waals surface area (Å²) in [6, 6.07) is 13.7. The molecular weight excluding hydrogens is 541 g/mol. The maximum Gasteiger partial charge on any atom is 0.490 e. The van der Waals surface area contributed by atoms with Crippen molar-refractivity contribution in [3.8, 4) is 0 Å². The molecule has 0 bridgehead atoms. The largest absolute Gasteiger partial charge is 0.490 e. The van der Waals surface area contributed by atoms with Gasteiger partial charge in [-0.3, -0.25) is 9.52 Å². The zero-order chi connectivity index (χ0) is 25.7. The van der Waals surface area contributed by atoms with E-state index in [1.165, 1.54) is 0 Å². The summed E-state index contributed by atoms with van der Waals surface area (Å²) in [5.74, 6) is -2.70. The van der Waals surface area contributed by atoms with Gasteiger partial charge in [0.1, 0.15) is 0 Å². The van der Waals surface area contributed by atoms with E-state index in [1.54, 1.807) is 36.4 Å². The predicted octanol–water partition coefficient (Wildman–Crippen LogP) is 4.83. The third-order valence-corrected chi connectivity index (χ3v) is 7.16. The summed E-state index contributed by atoms with van der Waals surface area (Å²) < 4.78 is 60.1. The zero-order valence-corrected chi connectivity index (χ0v) is 20.7. The third kappa shape index (κ3) is 7.20. The van der Waals surface area contributed by atoms with Gasteiger partial charge in [-0.05, 0) is 68.1 Å². The Morgan fingerprint density at radius 3 is 2.00 bits per heavy atom. The van der Waals surface area contributed by atoms with Crippen molar-refractivity contribution < 1.29 is 36.3 Å². The highest BCUT2D eigenvalue weighted by molar-refractivity contribution is 9.10. The van der Waals surface area contributed by atoms with Crippen LogP contribution >= 0.6 is 15.9 Å². The minimum absolute atomic E-state index is 0.0556. The Morgan fingerprint density at radius 2 is 1.59 bits per heavy atom. The standard InChI is InChI=1S/C20H23BrN2O3S.C2HF3O2/c1-3-14(2)22-19(24)20(12-13-20)15-4-8-17(9-5-15)23-27(25,26)18-10-6-16(21)7-11-18;3-2(4,5)1(6)7/h4-11,14,23H,3,12-13H2,1-2H3,(H,22,24);(H,6,7). The number of hydrogen-bond acceptors (Lipinski definition) is 4. The zero-order valence-electron chi connectivity index (χ0n) is 18.3. The van der Waals surface area contributed by atoms with Crippen molar-refractivity contribution in [2.75, 3.05) is 4.72 Å². The molecule has 1 unspecified atom stereocenters. The summed E-state index contributed by atoms with van der Waals surface area (Å²) in [6.45, 7) is 4.03. The van der Waals surface area contributed by atoms with E-state index >= 15 is 0 Å². The van der Waals surface area contributed by atoms with Crippen LogP contribution in [0.5, 0.6) is 0 Å². The molecule has 0 aliphatic heterocycles. The highest BCUT2D eigenvalue weighted by Crippen LogP contribution is 2.48. The molecule has 1 amide bonds. The fraction of sp³-hybridized carbons (Fsp3) is 0.364. The molecule has 3 N–H and O–H groups in total. The topological polar surface area (TPSA) is 113 Å². The molecule has 0 aromatic heterocycles. The molecule has 34 heavy (non-hydrogen) atoms. The van der Waals surface area contributed by atoms with Crippen molar-refractivity contribution in [2.24, 2.45) is 0 Å². The van der Waals surface area contributed by atoms with E-state index in [2.05, 4.69) is 26.0 Å². The van der Waals surface area contributed by atoms with E-state index in [9.17, 15) is 26.4 Å². The van der Waals surface area contributed by atoms with Gasteiger partial charge in [0.2, 0.25) is 5.91 Å². The average Bonchev–Trinajstić information content (AvgIpc) is 3.56. The Kier molecular flexibility index (Phi) is 8.75. The second-order valence-corrected chi connectivity index (χ2v) is 10.4. The minimum Gasteiger partial charge on any atom is -0.475 e. The average molecular weight is 565 g/mol. The second kappa shape index (κ2) is 10.8. The Bertz CT molecular complexity index is 1120. The van der Waals surface area contributed by atoms with Crippen LogP contribution in [-0.4, -0.2) is 37.6 Å². The van der Waals surface area contributed by atoms with Crippen LogP contribution in [0, 0.1) is 0 Å². The number of aliphatic carboxylic acids is 1. The van der Waals surface area contributed by atoms with Crippen LogP contribution in [0.1, 0.15) is 38.7 Å². The maximum absolute atomic E-state index is 12.6. The number of alkyl halides is 3. The summed E-state index contributed by atoms with van der Waals surface area (Å²) >= 11 is 3.29. The number of carboxylic acid groups (broad SMARTS) is 1. The van der Waals surface area contributed by atoms with Crippen molar-refractivity contribution in [3.63, 3.8) is 0 Å². The van der Waals surface area contributed by atoms with Crippen LogP contribution in [0.25, 0.3) is 0 Å². The first-order valence-electron chi connectivity index (χ1n) is 10.2. The Labute approximate surface area is 203 Å². The molecule has 7 nitrogen and oxygen atoms in total. The summed E-state index contributed by atoms with van der Waals surface area (Å²) in [4.78, 5) is 21.7. The van der Waals surface area contributed by atoms with Crippen LogP contribution in [-0.2, 0) is 25.0 Å². The van der Waals surface area contributed by atoms with Crippen molar-refractivity contribution >= 4 is 43.5 Å². The summed E-state index contributed by atoms with van der Waals surface area (Å²) in [5, 5.41) is 10.2. The van der Waals surface area contributed by atoms with E-state index in [4.69, 9.17) is 9.90 Å². The molecule has 1 saturated carbocycles. The van der Waals surface area contributed by atoms with Gasteiger partial charge in [0, 0.05) is 16.2 Å². The van der Waals surface area contributed by atoms with Crippen molar-refractivity contribution in [1.29, 1.82) is 0 Å². The van der Waals surface area contributed by atoms with E-state index in [-0.39, 0.29) is 16.8 Å². The fourth-order valence-corrected chi connectivity index (χ4v) is 4.24. The molecule has 2 aromatic carbocycles. The number of nitrogens with one attached hydrogen (secondary N) is 2. The van der Waals surface area contributed by atoms with Crippen LogP contribution in [0.4, 0.5) is 18.9 Å². The number of anilines is 1. The molecule has 0 spiro atoms. The van der Waals surface area contributed by atoms with Gasteiger partial charge in [-0.25, -0.2) is 13.2 Å². The number of amides is 1. The first kappa shape index (κ1) is 27.6. The number of sulfonamides is 1. The van der Waals surface area contributed by atoms with Crippen LogP contribution < -0.4 is 10.0 Å². The summed E-state index contributed by atoms with van der Waals surface area (Å²) in [5.41, 5.74) is 0.932. The first-order chi connectivity index (χ1) is 15.7. The number of carboxylic acids is 1. The number of carbonyl (C=O) groups is 2. The number of hydrogen-bond donors (Lipinski definition) is 3. The molecule has 0 saturated heterocycles. The van der Waals surface area contributed by atoms with E-state index < -0.39 is 27.6 Å². The van der Waals surface area contributed by atoms with Gasteiger partial charge in [0.15, 0.2) is 0 Å². The number of rotatable bonds is 7. The van der Waals surface area contributed by atoms with Gasteiger partial charge < -0.3 is 10.4 Å². The maximum atomic E-state index is 12.6. The van der Waals surface area contributed by atoms with Crippen LogP contribution in [0.2, 0.25) is 0 Å². The van der Waals surface area contributed by atoms with Gasteiger partial charge in [-0.2, -0.15) is 13.2 Å². The minimum atomic E-state index is -5.08. The SMILES string of the molecule is CCC(C)NC(=O)C1(c2ccc(NS(=O)(=O)c3ccc(Br)cc3)cc2)CC1.O=C(O)C(F)(F)F. The molecule has 3 rings (SSSR count). The molecule has 2 aromatic rings. The Balaban J connectivity index is 0.000000509.